The van der Waals surface area contributed by atoms with Crippen LogP contribution >= 0.6 is 0 Å². The molecular formula is C28H32FN3O6. The number of hydrogen-bond acceptors (Lipinski definition) is 6. The highest BCUT2D eigenvalue weighted by Gasteiger charge is 2.54. The van der Waals surface area contributed by atoms with E-state index >= 15 is 0 Å². The largest absolute Gasteiger partial charge is 0.497 e. The van der Waals surface area contributed by atoms with Crippen LogP contribution in [0.3, 0.4) is 0 Å². The molecule has 1 N–H and O–H groups in total. The molecule has 0 bridgehead atoms. The number of nitrogens with zero attached hydrogens (tertiary/aromatic N) is 2. The number of halogens is 1. The van der Waals surface area contributed by atoms with Crippen LogP contribution in [0.4, 0.5) is 4.39 Å². The van der Waals surface area contributed by atoms with Gasteiger partial charge < -0.3 is 24.4 Å². The number of amides is 3. The van der Waals surface area contributed by atoms with Crippen LogP contribution in [0, 0.1) is 5.82 Å². The van der Waals surface area contributed by atoms with Crippen LogP contribution in [-0.4, -0.2) is 85.3 Å². The van der Waals surface area contributed by atoms with Crippen LogP contribution in [0.15, 0.2) is 48.5 Å². The van der Waals surface area contributed by atoms with Gasteiger partial charge in [-0.2, -0.15) is 0 Å². The van der Waals surface area contributed by atoms with E-state index in [0.717, 1.165) is 18.9 Å². The molecule has 3 aliphatic heterocycles. The molecule has 10 heteroatoms. The quantitative estimate of drug-likeness (QED) is 0.623. The summed E-state index contributed by atoms with van der Waals surface area (Å²) in [5, 5.41) is 2.91. The molecular weight excluding hydrogens is 493 g/mol. The van der Waals surface area contributed by atoms with Gasteiger partial charge in [0, 0.05) is 50.2 Å². The van der Waals surface area contributed by atoms with Crippen LogP contribution in [0.2, 0.25) is 0 Å². The molecule has 5 rings (SSSR count). The molecule has 3 heterocycles. The number of likely N-dealkylation sites (tertiary alicyclic amines) is 1. The van der Waals surface area contributed by atoms with Gasteiger partial charge in [0.1, 0.15) is 23.3 Å². The summed E-state index contributed by atoms with van der Waals surface area (Å²) in [6, 6.07) is 11.5. The Morgan fingerprint density at radius 2 is 1.82 bits per heavy atom. The lowest BCUT2D eigenvalue weighted by molar-refractivity contribution is -0.128. The summed E-state index contributed by atoms with van der Waals surface area (Å²) in [6.45, 7) is 1.70. The van der Waals surface area contributed by atoms with Gasteiger partial charge in [0.15, 0.2) is 0 Å². The number of ether oxygens (including phenoxy) is 3. The summed E-state index contributed by atoms with van der Waals surface area (Å²) >= 11 is 0. The van der Waals surface area contributed by atoms with Crippen molar-refractivity contribution in [2.45, 2.75) is 43.6 Å². The van der Waals surface area contributed by atoms with Crippen molar-refractivity contribution < 1.29 is 33.0 Å². The zero-order valence-corrected chi connectivity index (χ0v) is 21.4. The van der Waals surface area contributed by atoms with Crippen molar-refractivity contribution in [3.63, 3.8) is 0 Å². The standard InChI is InChI=1S/C28H32FN3O6/c1-36-22-8-3-6-20(16-22)26(34)31-12-10-28(11-13-31)32(27(35)19-5-2-7-21(29)15-19)24(18-38-28)25(33)30-17-23-9-4-14-37-23/h2-3,5-8,15-16,23-24H,4,9-14,17-18H2,1H3,(H,30,33)/t23-,24+/m0/s1. The molecule has 38 heavy (non-hydrogen) atoms. The fourth-order valence-corrected chi connectivity index (χ4v) is 5.46. The Balaban J connectivity index is 1.34. The third kappa shape index (κ3) is 5.23. The van der Waals surface area contributed by atoms with Gasteiger partial charge in [-0.3, -0.25) is 19.3 Å². The van der Waals surface area contributed by atoms with Gasteiger partial charge in [-0.15, -0.1) is 0 Å². The number of nitrogens with one attached hydrogen (secondary N) is 1. The lowest BCUT2D eigenvalue weighted by Gasteiger charge is -2.44. The minimum absolute atomic E-state index is 0.0161. The predicted molar refractivity (Wildman–Crippen MR) is 135 cm³/mol. The van der Waals surface area contributed by atoms with E-state index in [9.17, 15) is 18.8 Å². The molecule has 202 valence electrons. The predicted octanol–water partition coefficient (Wildman–Crippen LogP) is 2.60. The molecule has 0 aliphatic carbocycles. The molecule has 0 unspecified atom stereocenters. The summed E-state index contributed by atoms with van der Waals surface area (Å²) in [5.41, 5.74) is -0.436. The first-order chi connectivity index (χ1) is 18.4. The molecule has 0 radical (unpaired) electrons. The maximum absolute atomic E-state index is 14.0. The molecule has 2 aromatic carbocycles. The first-order valence-corrected chi connectivity index (χ1v) is 13.0. The SMILES string of the molecule is COc1cccc(C(=O)N2CCC3(CC2)OC[C@H](C(=O)NC[C@@H]2CCCO2)N3C(=O)c2cccc(F)c2)c1. The highest BCUT2D eigenvalue weighted by molar-refractivity contribution is 5.98. The van der Waals surface area contributed by atoms with E-state index < -0.39 is 23.5 Å². The van der Waals surface area contributed by atoms with Crippen molar-refractivity contribution >= 4 is 17.7 Å². The average Bonchev–Trinajstić information content (AvgIpc) is 3.60. The van der Waals surface area contributed by atoms with Gasteiger partial charge >= 0.3 is 0 Å². The number of benzene rings is 2. The molecule has 3 aliphatic rings. The van der Waals surface area contributed by atoms with Crippen LogP contribution in [0.25, 0.3) is 0 Å². The normalized spacial score (nSPS) is 22.5. The Kier molecular flexibility index (Phi) is 7.62. The molecule has 3 fully saturated rings. The van der Waals surface area contributed by atoms with E-state index in [1.807, 2.05) is 0 Å². The molecule has 3 amide bonds. The molecule has 3 saturated heterocycles. The third-order valence-electron chi connectivity index (χ3n) is 7.53. The Labute approximate surface area is 220 Å². The number of carbonyl (C=O) groups is 3. The first-order valence-electron chi connectivity index (χ1n) is 13.0. The van der Waals surface area contributed by atoms with Crippen molar-refractivity contribution in [1.82, 2.24) is 15.1 Å². The van der Waals surface area contributed by atoms with Crippen molar-refractivity contribution in [2.24, 2.45) is 0 Å². The smallest absolute Gasteiger partial charge is 0.256 e. The topological polar surface area (TPSA) is 97.4 Å². The van der Waals surface area contributed by atoms with Gasteiger partial charge in [-0.1, -0.05) is 12.1 Å². The molecule has 1 spiro atoms. The highest BCUT2D eigenvalue weighted by Crippen LogP contribution is 2.39. The molecule has 2 atom stereocenters. The molecule has 9 nitrogen and oxygen atoms in total. The average molecular weight is 526 g/mol. The minimum Gasteiger partial charge on any atom is -0.497 e. The lowest BCUT2D eigenvalue weighted by Crippen LogP contribution is -2.60. The van der Waals surface area contributed by atoms with Crippen LogP contribution in [0.5, 0.6) is 5.75 Å². The van der Waals surface area contributed by atoms with Gasteiger partial charge in [-0.25, -0.2) is 4.39 Å². The fourth-order valence-electron chi connectivity index (χ4n) is 5.46. The maximum atomic E-state index is 14.0. The fraction of sp³-hybridized carbons (Fsp3) is 0.464. The highest BCUT2D eigenvalue weighted by atomic mass is 19.1. The number of rotatable bonds is 6. The summed E-state index contributed by atoms with van der Waals surface area (Å²) in [7, 11) is 1.54. The van der Waals surface area contributed by atoms with Crippen molar-refractivity contribution in [3.05, 3.63) is 65.5 Å². The van der Waals surface area contributed by atoms with Crippen molar-refractivity contribution in [1.29, 1.82) is 0 Å². The second kappa shape index (κ2) is 11.1. The molecule has 2 aromatic rings. The number of carbonyl (C=O) groups excluding carboxylic acids is 3. The van der Waals surface area contributed by atoms with Crippen LogP contribution in [-0.2, 0) is 14.3 Å². The van der Waals surface area contributed by atoms with Gasteiger partial charge in [0.25, 0.3) is 11.8 Å². The third-order valence-corrected chi connectivity index (χ3v) is 7.53. The number of hydrogen-bond donors (Lipinski definition) is 1. The summed E-state index contributed by atoms with van der Waals surface area (Å²) in [4.78, 5) is 43.3. The number of piperidine rings is 1. The summed E-state index contributed by atoms with van der Waals surface area (Å²) in [6.07, 6.45) is 2.41. The lowest BCUT2D eigenvalue weighted by atomic mass is 9.96. The first kappa shape index (κ1) is 26.1. The second-order valence-corrected chi connectivity index (χ2v) is 9.86. The van der Waals surface area contributed by atoms with E-state index in [4.69, 9.17) is 14.2 Å². The van der Waals surface area contributed by atoms with Crippen LogP contribution in [0.1, 0.15) is 46.4 Å². The second-order valence-electron chi connectivity index (χ2n) is 9.86. The number of methoxy groups -OCH3 is 1. The molecule has 0 aromatic heterocycles. The zero-order valence-electron chi connectivity index (χ0n) is 21.4. The van der Waals surface area contributed by atoms with E-state index in [2.05, 4.69) is 5.32 Å². The minimum atomic E-state index is -1.08. The Hall–Kier alpha value is -3.50. The van der Waals surface area contributed by atoms with E-state index in [-0.39, 0.29) is 30.1 Å². The van der Waals surface area contributed by atoms with Gasteiger partial charge in [0.2, 0.25) is 5.91 Å². The van der Waals surface area contributed by atoms with Crippen LogP contribution < -0.4 is 10.1 Å². The summed E-state index contributed by atoms with van der Waals surface area (Å²) in [5.74, 6) is -0.912. The Morgan fingerprint density at radius 3 is 2.50 bits per heavy atom. The monoisotopic (exact) mass is 525 g/mol. The maximum Gasteiger partial charge on any atom is 0.256 e. The van der Waals surface area contributed by atoms with Crippen molar-refractivity contribution in [3.8, 4) is 5.75 Å². The van der Waals surface area contributed by atoms with E-state index in [0.29, 0.717) is 50.4 Å². The molecule has 0 saturated carbocycles. The van der Waals surface area contributed by atoms with Crippen molar-refractivity contribution in [2.75, 3.05) is 40.0 Å². The van der Waals surface area contributed by atoms with E-state index in [1.165, 1.54) is 23.1 Å². The van der Waals surface area contributed by atoms with Gasteiger partial charge in [-0.05, 0) is 49.2 Å². The van der Waals surface area contributed by atoms with Gasteiger partial charge in [0.05, 0.1) is 19.8 Å². The van der Waals surface area contributed by atoms with E-state index in [1.54, 1.807) is 36.3 Å². The Bertz CT molecular complexity index is 1190. The zero-order chi connectivity index (χ0) is 26.7. The summed E-state index contributed by atoms with van der Waals surface area (Å²) < 4.78 is 31.1. The Morgan fingerprint density at radius 1 is 1.08 bits per heavy atom.